The van der Waals surface area contributed by atoms with Gasteiger partial charge >= 0.3 is 0 Å². The standard InChI is InChI=1S/C11H13NO2S/c1-8(12-2)10-7-15(13,14)11-6-4-3-5-9(10)11/h3-8,12H,1-2H3. The van der Waals surface area contributed by atoms with E-state index in [0.29, 0.717) is 4.90 Å². The molecule has 1 heterocycles. The second kappa shape index (κ2) is 3.47. The zero-order chi connectivity index (χ0) is 11.1. The fourth-order valence-electron chi connectivity index (χ4n) is 1.74. The molecule has 0 aliphatic carbocycles. The molecule has 0 spiro atoms. The van der Waals surface area contributed by atoms with Crippen LogP contribution in [0.5, 0.6) is 0 Å². The Morgan fingerprint density at radius 2 is 1.93 bits per heavy atom. The number of rotatable bonds is 2. The maximum atomic E-state index is 11.8. The third kappa shape index (κ3) is 1.60. The van der Waals surface area contributed by atoms with Crippen molar-refractivity contribution in [2.24, 2.45) is 0 Å². The van der Waals surface area contributed by atoms with Crippen LogP contribution in [-0.4, -0.2) is 21.5 Å². The largest absolute Gasteiger partial charge is 0.313 e. The monoisotopic (exact) mass is 223 g/mol. The number of sulfone groups is 1. The van der Waals surface area contributed by atoms with Crippen LogP contribution in [-0.2, 0) is 9.84 Å². The minimum Gasteiger partial charge on any atom is -0.313 e. The Balaban J connectivity index is 2.63. The van der Waals surface area contributed by atoms with Gasteiger partial charge in [0.2, 0.25) is 9.84 Å². The van der Waals surface area contributed by atoms with E-state index in [1.807, 2.05) is 26.1 Å². The molecule has 0 radical (unpaired) electrons. The van der Waals surface area contributed by atoms with Crippen LogP contribution in [0.3, 0.4) is 0 Å². The maximum absolute atomic E-state index is 11.8. The van der Waals surface area contributed by atoms with Crippen molar-refractivity contribution in [1.29, 1.82) is 0 Å². The van der Waals surface area contributed by atoms with Gasteiger partial charge in [-0.15, -0.1) is 0 Å². The molecule has 1 aromatic rings. The quantitative estimate of drug-likeness (QED) is 0.825. The van der Waals surface area contributed by atoms with Gasteiger partial charge in [-0.25, -0.2) is 8.42 Å². The average Bonchev–Trinajstić information content (AvgIpc) is 2.51. The molecule has 15 heavy (non-hydrogen) atoms. The molecule has 1 aliphatic heterocycles. The normalized spacial score (nSPS) is 19.5. The summed E-state index contributed by atoms with van der Waals surface area (Å²) in [6.07, 6.45) is 0. The molecule has 1 aliphatic rings. The molecule has 0 fully saturated rings. The second-order valence-electron chi connectivity index (χ2n) is 3.62. The van der Waals surface area contributed by atoms with Crippen molar-refractivity contribution in [1.82, 2.24) is 5.32 Å². The molecule has 1 aromatic carbocycles. The first-order chi connectivity index (χ1) is 7.06. The van der Waals surface area contributed by atoms with E-state index in [0.717, 1.165) is 11.1 Å². The Hall–Kier alpha value is -1.13. The van der Waals surface area contributed by atoms with Crippen molar-refractivity contribution >= 4 is 15.4 Å². The highest BCUT2D eigenvalue weighted by Crippen LogP contribution is 2.34. The Kier molecular flexibility index (Phi) is 2.40. The van der Waals surface area contributed by atoms with Gasteiger partial charge in [0.1, 0.15) is 0 Å². The predicted molar refractivity (Wildman–Crippen MR) is 60.1 cm³/mol. The molecule has 0 amide bonds. The summed E-state index contributed by atoms with van der Waals surface area (Å²) in [6.45, 7) is 1.95. The first-order valence-corrected chi connectivity index (χ1v) is 6.34. The van der Waals surface area contributed by atoms with Crippen LogP contribution >= 0.6 is 0 Å². The smallest absolute Gasteiger partial charge is 0.200 e. The third-order valence-electron chi connectivity index (χ3n) is 2.69. The minimum absolute atomic E-state index is 0.0448. The predicted octanol–water partition coefficient (Wildman–Crippen LogP) is 1.42. The van der Waals surface area contributed by atoms with E-state index in [9.17, 15) is 8.42 Å². The van der Waals surface area contributed by atoms with Crippen LogP contribution in [0.15, 0.2) is 34.6 Å². The van der Waals surface area contributed by atoms with Crippen LogP contribution < -0.4 is 5.32 Å². The minimum atomic E-state index is -3.21. The first-order valence-electron chi connectivity index (χ1n) is 4.79. The number of likely N-dealkylation sites (N-methyl/N-ethyl adjacent to an activating group) is 1. The Morgan fingerprint density at radius 3 is 2.60 bits per heavy atom. The van der Waals surface area contributed by atoms with Gasteiger partial charge in [-0.05, 0) is 31.2 Å². The van der Waals surface area contributed by atoms with Crippen LogP contribution in [0, 0.1) is 0 Å². The Bertz CT molecular complexity index is 517. The van der Waals surface area contributed by atoms with E-state index in [1.165, 1.54) is 5.41 Å². The van der Waals surface area contributed by atoms with Gasteiger partial charge in [0.25, 0.3) is 0 Å². The summed E-state index contributed by atoms with van der Waals surface area (Å²) in [5.74, 6) is 0. The van der Waals surface area contributed by atoms with Gasteiger partial charge in [0.15, 0.2) is 0 Å². The number of fused-ring (bicyclic) bond motifs is 1. The fourth-order valence-corrected chi connectivity index (χ4v) is 3.29. The van der Waals surface area contributed by atoms with Gasteiger partial charge in [-0.2, -0.15) is 0 Å². The van der Waals surface area contributed by atoms with Crippen LogP contribution in [0.4, 0.5) is 0 Å². The van der Waals surface area contributed by atoms with Gasteiger partial charge in [-0.1, -0.05) is 18.2 Å². The molecule has 80 valence electrons. The molecule has 0 aromatic heterocycles. The van der Waals surface area contributed by atoms with Crippen LogP contribution in [0.2, 0.25) is 0 Å². The second-order valence-corrected chi connectivity index (χ2v) is 5.39. The summed E-state index contributed by atoms with van der Waals surface area (Å²) in [6, 6.07) is 7.15. The highest BCUT2D eigenvalue weighted by molar-refractivity contribution is 7.95. The van der Waals surface area contributed by atoms with Crippen molar-refractivity contribution in [2.75, 3.05) is 7.05 Å². The number of benzene rings is 1. The average molecular weight is 223 g/mol. The molecule has 0 bridgehead atoms. The Labute approximate surface area is 89.7 Å². The van der Waals surface area contributed by atoms with Gasteiger partial charge in [0.05, 0.1) is 4.90 Å². The lowest BCUT2D eigenvalue weighted by Gasteiger charge is -2.11. The summed E-state index contributed by atoms with van der Waals surface area (Å²) in [7, 11) is -1.39. The molecule has 1 unspecified atom stereocenters. The van der Waals surface area contributed by atoms with E-state index >= 15 is 0 Å². The highest BCUT2D eigenvalue weighted by Gasteiger charge is 2.28. The van der Waals surface area contributed by atoms with Crippen molar-refractivity contribution in [2.45, 2.75) is 17.9 Å². The highest BCUT2D eigenvalue weighted by atomic mass is 32.2. The fraction of sp³-hybridized carbons (Fsp3) is 0.273. The van der Waals surface area contributed by atoms with Gasteiger partial charge in [0, 0.05) is 11.4 Å². The van der Waals surface area contributed by atoms with E-state index in [1.54, 1.807) is 12.1 Å². The van der Waals surface area contributed by atoms with Gasteiger partial charge in [-0.3, -0.25) is 0 Å². The summed E-state index contributed by atoms with van der Waals surface area (Å²) < 4.78 is 23.6. The number of hydrogen-bond acceptors (Lipinski definition) is 3. The molecule has 4 heteroatoms. The molecule has 2 rings (SSSR count). The first kappa shape index (κ1) is 10.4. The van der Waals surface area contributed by atoms with Crippen molar-refractivity contribution in [3.05, 3.63) is 35.2 Å². The van der Waals surface area contributed by atoms with E-state index in [-0.39, 0.29) is 6.04 Å². The molecule has 0 saturated carbocycles. The molecule has 0 saturated heterocycles. The lowest BCUT2D eigenvalue weighted by Crippen LogP contribution is -2.22. The molecule has 1 atom stereocenters. The van der Waals surface area contributed by atoms with Gasteiger partial charge < -0.3 is 5.32 Å². The molecular formula is C11H13NO2S. The lowest BCUT2D eigenvalue weighted by atomic mass is 10.0. The van der Waals surface area contributed by atoms with Crippen molar-refractivity contribution in [3.8, 4) is 0 Å². The van der Waals surface area contributed by atoms with E-state index in [2.05, 4.69) is 5.32 Å². The maximum Gasteiger partial charge on any atom is 0.200 e. The molecule has 3 nitrogen and oxygen atoms in total. The zero-order valence-electron chi connectivity index (χ0n) is 8.69. The number of nitrogens with one attached hydrogen (secondary N) is 1. The van der Waals surface area contributed by atoms with Crippen LogP contribution in [0.25, 0.3) is 5.57 Å². The molecular weight excluding hydrogens is 210 g/mol. The topological polar surface area (TPSA) is 46.2 Å². The van der Waals surface area contributed by atoms with Crippen LogP contribution in [0.1, 0.15) is 12.5 Å². The third-order valence-corrected chi connectivity index (χ3v) is 4.22. The summed E-state index contributed by atoms with van der Waals surface area (Å²) >= 11 is 0. The lowest BCUT2D eigenvalue weighted by molar-refractivity contribution is 0.605. The zero-order valence-corrected chi connectivity index (χ0v) is 9.51. The molecule has 1 N–H and O–H groups in total. The summed E-state index contributed by atoms with van der Waals surface area (Å²) in [5, 5.41) is 4.41. The summed E-state index contributed by atoms with van der Waals surface area (Å²) in [5.41, 5.74) is 1.66. The SMILES string of the molecule is CNC(C)C1=CS(=O)(=O)c2ccccc21. The van der Waals surface area contributed by atoms with Crippen molar-refractivity contribution in [3.63, 3.8) is 0 Å². The van der Waals surface area contributed by atoms with Crippen molar-refractivity contribution < 1.29 is 8.42 Å². The number of hydrogen-bond donors (Lipinski definition) is 1. The Morgan fingerprint density at radius 1 is 1.27 bits per heavy atom. The van der Waals surface area contributed by atoms with E-state index in [4.69, 9.17) is 0 Å². The van der Waals surface area contributed by atoms with E-state index < -0.39 is 9.84 Å². The summed E-state index contributed by atoms with van der Waals surface area (Å²) in [4.78, 5) is 0.419.